The number of hydrogen-bond acceptors (Lipinski definition) is 3. The molecule has 0 aliphatic heterocycles. The lowest BCUT2D eigenvalue weighted by Gasteiger charge is -2.05. The molecule has 2 aromatic carbocycles. The van der Waals surface area contributed by atoms with E-state index < -0.39 is 0 Å². The zero-order valence-electron chi connectivity index (χ0n) is 11.2. The van der Waals surface area contributed by atoms with Crippen molar-refractivity contribution in [1.82, 2.24) is 4.98 Å². The van der Waals surface area contributed by atoms with E-state index in [0.29, 0.717) is 23.6 Å². The number of rotatable bonds is 4. The number of nitrogens with one attached hydrogen (secondary N) is 1. The van der Waals surface area contributed by atoms with Gasteiger partial charge in [0.05, 0.1) is 25.9 Å². The highest BCUT2D eigenvalue weighted by molar-refractivity contribution is 7.18. The Hall–Kier alpha value is -1.91. The van der Waals surface area contributed by atoms with Gasteiger partial charge < -0.3 is 5.32 Å². The van der Waals surface area contributed by atoms with Crippen molar-refractivity contribution in [3.8, 4) is 0 Å². The Morgan fingerprint density at radius 3 is 2.71 bits per heavy atom. The van der Waals surface area contributed by atoms with Crippen molar-refractivity contribution in [3.63, 3.8) is 0 Å². The first-order valence-electron chi connectivity index (χ1n) is 6.61. The molecule has 1 N–H and O–H groups in total. The number of amides is 1. The second kappa shape index (κ2) is 6.24. The van der Waals surface area contributed by atoms with Gasteiger partial charge in [0.1, 0.15) is 0 Å². The molecule has 0 aliphatic carbocycles. The zero-order chi connectivity index (χ0) is 14.7. The van der Waals surface area contributed by atoms with Crippen molar-refractivity contribution in [2.24, 2.45) is 0 Å². The number of nitrogens with zero attached hydrogens (tertiary/aromatic N) is 1. The number of carbonyl (C=O) groups is 1. The van der Waals surface area contributed by atoms with Gasteiger partial charge in [-0.05, 0) is 24.3 Å². The fourth-order valence-corrected chi connectivity index (χ4v) is 3.17. The van der Waals surface area contributed by atoms with Crippen LogP contribution in [0.4, 0.5) is 5.69 Å². The first-order valence-corrected chi connectivity index (χ1v) is 7.80. The summed E-state index contributed by atoms with van der Waals surface area (Å²) >= 11 is 7.65. The van der Waals surface area contributed by atoms with E-state index in [2.05, 4.69) is 10.3 Å². The molecule has 0 saturated carbocycles. The topological polar surface area (TPSA) is 42.0 Å². The Morgan fingerprint density at radius 1 is 1.14 bits per heavy atom. The summed E-state index contributed by atoms with van der Waals surface area (Å²) in [6.45, 7) is 0. The van der Waals surface area contributed by atoms with Crippen molar-refractivity contribution in [3.05, 3.63) is 58.6 Å². The van der Waals surface area contributed by atoms with Crippen molar-refractivity contribution in [2.75, 3.05) is 5.32 Å². The van der Waals surface area contributed by atoms with E-state index in [1.54, 1.807) is 23.5 Å². The number of aryl methyl sites for hydroxylation is 1. The summed E-state index contributed by atoms with van der Waals surface area (Å²) in [5.74, 6) is -0.0534. The van der Waals surface area contributed by atoms with Crippen LogP contribution in [0.5, 0.6) is 0 Å². The van der Waals surface area contributed by atoms with Crippen molar-refractivity contribution < 1.29 is 4.79 Å². The third-order valence-corrected chi connectivity index (χ3v) is 4.48. The van der Waals surface area contributed by atoms with Crippen molar-refractivity contribution in [1.29, 1.82) is 0 Å². The monoisotopic (exact) mass is 316 g/mol. The number of para-hydroxylation sites is 2. The third kappa shape index (κ3) is 3.40. The molecule has 0 unspecified atom stereocenters. The van der Waals surface area contributed by atoms with Crippen LogP contribution < -0.4 is 5.32 Å². The fourth-order valence-electron chi connectivity index (χ4n) is 2.02. The van der Waals surface area contributed by atoms with Crippen LogP contribution in [0, 0.1) is 0 Å². The second-order valence-electron chi connectivity index (χ2n) is 4.60. The molecule has 0 saturated heterocycles. The van der Waals surface area contributed by atoms with Crippen LogP contribution in [-0.4, -0.2) is 10.9 Å². The highest BCUT2D eigenvalue weighted by atomic mass is 35.5. The molecule has 0 fully saturated rings. The Bertz CT molecular complexity index is 752. The number of hydrogen-bond donors (Lipinski definition) is 1. The van der Waals surface area contributed by atoms with Gasteiger partial charge in [-0.25, -0.2) is 4.98 Å². The maximum Gasteiger partial charge on any atom is 0.224 e. The molecule has 0 atom stereocenters. The molecule has 3 nitrogen and oxygen atoms in total. The van der Waals surface area contributed by atoms with Gasteiger partial charge >= 0.3 is 0 Å². The standard InChI is InChI=1S/C16H13ClN2OS/c17-11-5-1-2-6-12(11)18-15(20)9-10-16-19-13-7-3-4-8-14(13)21-16/h1-8H,9-10H2,(H,18,20). The molecule has 0 radical (unpaired) electrons. The molecule has 0 bridgehead atoms. The van der Waals surface area contributed by atoms with Gasteiger partial charge in [-0.15, -0.1) is 11.3 Å². The van der Waals surface area contributed by atoms with E-state index in [4.69, 9.17) is 11.6 Å². The summed E-state index contributed by atoms with van der Waals surface area (Å²) in [7, 11) is 0. The number of anilines is 1. The summed E-state index contributed by atoms with van der Waals surface area (Å²) in [5.41, 5.74) is 1.64. The van der Waals surface area contributed by atoms with Gasteiger partial charge in [-0.1, -0.05) is 35.9 Å². The quantitative estimate of drug-likeness (QED) is 0.769. The Morgan fingerprint density at radius 2 is 1.90 bits per heavy atom. The molecule has 1 heterocycles. The van der Waals surface area contributed by atoms with Gasteiger partial charge in [0.2, 0.25) is 5.91 Å². The summed E-state index contributed by atoms with van der Waals surface area (Å²) in [4.78, 5) is 16.5. The maximum absolute atomic E-state index is 12.0. The number of thiazole rings is 1. The number of fused-ring (bicyclic) bond motifs is 1. The molecule has 3 rings (SSSR count). The molecule has 21 heavy (non-hydrogen) atoms. The number of carbonyl (C=O) groups excluding carboxylic acids is 1. The van der Waals surface area contributed by atoms with E-state index in [1.807, 2.05) is 36.4 Å². The second-order valence-corrected chi connectivity index (χ2v) is 6.13. The van der Waals surface area contributed by atoms with E-state index in [9.17, 15) is 4.79 Å². The molecular weight excluding hydrogens is 304 g/mol. The van der Waals surface area contributed by atoms with E-state index >= 15 is 0 Å². The van der Waals surface area contributed by atoms with Gasteiger partial charge in [0.25, 0.3) is 0 Å². The summed E-state index contributed by atoms with van der Waals surface area (Å²) < 4.78 is 1.15. The highest BCUT2D eigenvalue weighted by Gasteiger charge is 2.08. The minimum atomic E-state index is -0.0534. The van der Waals surface area contributed by atoms with E-state index in [0.717, 1.165) is 15.2 Å². The Kier molecular flexibility index (Phi) is 4.18. The molecule has 106 valence electrons. The smallest absolute Gasteiger partial charge is 0.224 e. The van der Waals surface area contributed by atoms with Crippen LogP contribution in [0.25, 0.3) is 10.2 Å². The Labute approximate surface area is 131 Å². The zero-order valence-corrected chi connectivity index (χ0v) is 12.7. The number of halogens is 1. The summed E-state index contributed by atoms with van der Waals surface area (Å²) in [6.07, 6.45) is 1.03. The van der Waals surface area contributed by atoms with E-state index in [1.165, 1.54) is 0 Å². The lowest BCUT2D eigenvalue weighted by atomic mass is 10.2. The third-order valence-electron chi connectivity index (χ3n) is 3.05. The van der Waals surface area contributed by atoms with Crippen LogP contribution >= 0.6 is 22.9 Å². The minimum Gasteiger partial charge on any atom is -0.325 e. The van der Waals surface area contributed by atoms with Gasteiger partial charge in [0, 0.05) is 12.8 Å². The van der Waals surface area contributed by atoms with Gasteiger partial charge in [-0.2, -0.15) is 0 Å². The average molecular weight is 317 g/mol. The van der Waals surface area contributed by atoms with E-state index in [-0.39, 0.29) is 5.91 Å². The van der Waals surface area contributed by atoms with Crippen molar-refractivity contribution >= 4 is 44.7 Å². The highest BCUT2D eigenvalue weighted by Crippen LogP contribution is 2.23. The normalized spacial score (nSPS) is 10.7. The van der Waals surface area contributed by atoms with Crippen LogP contribution in [0.1, 0.15) is 11.4 Å². The molecular formula is C16H13ClN2OS. The van der Waals surface area contributed by atoms with Crippen LogP contribution in [0.15, 0.2) is 48.5 Å². The molecule has 0 spiro atoms. The van der Waals surface area contributed by atoms with Crippen LogP contribution in [0.3, 0.4) is 0 Å². The number of aromatic nitrogens is 1. The molecule has 5 heteroatoms. The first-order chi connectivity index (χ1) is 10.2. The summed E-state index contributed by atoms with van der Waals surface area (Å²) in [5, 5.41) is 4.34. The molecule has 3 aromatic rings. The van der Waals surface area contributed by atoms with Crippen molar-refractivity contribution in [2.45, 2.75) is 12.8 Å². The molecule has 0 aliphatic rings. The largest absolute Gasteiger partial charge is 0.325 e. The van der Waals surface area contributed by atoms with Crippen LogP contribution in [0.2, 0.25) is 5.02 Å². The first kappa shape index (κ1) is 14.0. The fraction of sp³-hybridized carbons (Fsp3) is 0.125. The lowest BCUT2D eigenvalue weighted by Crippen LogP contribution is -2.12. The SMILES string of the molecule is O=C(CCc1nc2ccccc2s1)Nc1ccccc1Cl. The minimum absolute atomic E-state index is 0.0534. The molecule has 1 amide bonds. The predicted octanol–water partition coefficient (Wildman–Crippen LogP) is 4.52. The Balaban J connectivity index is 1.62. The number of benzene rings is 2. The van der Waals surface area contributed by atoms with Gasteiger partial charge in [0.15, 0.2) is 0 Å². The average Bonchev–Trinajstić information content (AvgIpc) is 2.90. The predicted molar refractivity (Wildman–Crippen MR) is 88.0 cm³/mol. The van der Waals surface area contributed by atoms with Crippen LogP contribution in [-0.2, 0) is 11.2 Å². The summed E-state index contributed by atoms with van der Waals surface area (Å²) in [6, 6.07) is 15.2. The maximum atomic E-state index is 12.0. The van der Waals surface area contributed by atoms with Gasteiger partial charge in [-0.3, -0.25) is 4.79 Å². The molecule has 1 aromatic heterocycles. The lowest BCUT2D eigenvalue weighted by molar-refractivity contribution is -0.116.